The Bertz CT molecular complexity index is 701. The van der Waals surface area contributed by atoms with Crippen LogP contribution in [0.3, 0.4) is 0 Å². The quantitative estimate of drug-likeness (QED) is 0.881. The zero-order valence-electron chi connectivity index (χ0n) is 12.9. The van der Waals surface area contributed by atoms with Crippen molar-refractivity contribution in [2.45, 2.75) is 6.54 Å². The van der Waals surface area contributed by atoms with Gasteiger partial charge in [0.05, 0.1) is 18.4 Å². The van der Waals surface area contributed by atoms with Crippen LogP contribution >= 0.6 is 0 Å². The maximum atomic E-state index is 12.9. The highest BCUT2D eigenvalue weighted by atomic mass is 19.1. The number of anilines is 1. The first kappa shape index (κ1) is 16.5. The highest BCUT2D eigenvalue weighted by Gasteiger charge is 2.15. The van der Waals surface area contributed by atoms with Crippen molar-refractivity contribution in [3.05, 3.63) is 65.5 Å². The van der Waals surface area contributed by atoms with Crippen molar-refractivity contribution in [3.63, 3.8) is 0 Å². The average Bonchev–Trinajstić information content (AvgIpc) is 2.56. The molecule has 0 heterocycles. The number of carbonyl (C=O) groups is 2. The van der Waals surface area contributed by atoms with Gasteiger partial charge in [0.15, 0.2) is 0 Å². The summed E-state index contributed by atoms with van der Waals surface area (Å²) in [7, 11) is 2.89. The SMILES string of the molecule is COC(=O)c1ccccc1NC(=O)N(C)Cc1ccc(F)cc1. The molecule has 0 aliphatic carbocycles. The third-order valence-corrected chi connectivity index (χ3v) is 3.25. The molecule has 23 heavy (non-hydrogen) atoms. The molecular formula is C17H17FN2O3. The molecule has 2 aromatic carbocycles. The van der Waals surface area contributed by atoms with Crippen molar-refractivity contribution in [2.24, 2.45) is 0 Å². The molecule has 0 saturated heterocycles. The van der Waals surface area contributed by atoms with Crippen molar-refractivity contribution < 1.29 is 18.7 Å². The van der Waals surface area contributed by atoms with Crippen molar-refractivity contribution in [2.75, 3.05) is 19.5 Å². The molecule has 1 N–H and O–H groups in total. The van der Waals surface area contributed by atoms with Crippen LogP contribution in [0.4, 0.5) is 14.9 Å². The summed E-state index contributed by atoms with van der Waals surface area (Å²) in [5.41, 5.74) is 1.44. The van der Waals surface area contributed by atoms with E-state index in [1.807, 2.05) is 0 Å². The van der Waals surface area contributed by atoms with E-state index >= 15 is 0 Å². The molecule has 0 radical (unpaired) electrons. The normalized spacial score (nSPS) is 10.0. The van der Waals surface area contributed by atoms with Crippen LogP contribution in [-0.2, 0) is 11.3 Å². The molecule has 0 spiro atoms. The topological polar surface area (TPSA) is 58.6 Å². The summed E-state index contributed by atoms with van der Waals surface area (Å²) in [6, 6.07) is 12.1. The summed E-state index contributed by atoms with van der Waals surface area (Å²) in [5, 5.41) is 2.67. The van der Waals surface area contributed by atoms with E-state index < -0.39 is 5.97 Å². The van der Waals surface area contributed by atoms with Gasteiger partial charge < -0.3 is 15.0 Å². The van der Waals surface area contributed by atoms with Gasteiger partial charge in [0, 0.05) is 13.6 Å². The van der Waals surface area contributed by atoms with Crippen molar-refractivity contribution in [3.8, 4) is 0 Å². The third kappa shape index (κ3) is 4.29. The number of hydrogen-bond acceptors (Lipinski definition) is 3. The number of para-hydroxylation sites is 1. The number of nitrogens with zero attached hydrogens (tertiary/aromatic N) is 1. The minimum Gasteiger partial charge on any atom is -0.465 e. The second-order valence-electron chi connectivity index (χ2n) is 4.95. The third-order valence-electron chi connectivity index (χ3n) is 3.25. The molecule has 0 unspecified atom stereocenters. The maximum absolute atomic E-state index is 12.9. The molecule has 0 saturated carbocycles. The largest absolute Gasteiger partial charge is 0.465 e. The predicted molar refractivity (Wildman–Crippen MR) is 84.7 cm³/mol. The number of carbonyl (C=O) groups excluding carboxylic acids is 2. The summed E-state index contributed by atoms with van der Waals surface area (Å²) in [4.78, 5) is 25.4. The monoisotopic (exact) mass is 316 g/mol. The van der Waals surface area contributed by atoms with Gasteiger partial charge in [-0.3, -0.25) is 0 Å². The van der Waals surface area contributed by atoms with Crippen molar-refractivity contribution in [1.82, 2.24) is 4.90 Å². The van der Waals surface area contributed by atoms with E-state index in [1.165, 1.54) is 24.1 Å². The molecule has 0 aliphatic rings. The first-order valence-electron chi connectivity index (χ1n) is 6.95. The van der Waals surface area contributed by atoms with Crippen LogP contribution in [0.25, 0.3) is 0 Å². The van der Waals surface area contributed by atoms with Gasteiger partial charge in [-0.25, -0.2) is 14.0 Å². The van der Waals surface area contributed by atoms with Crippen LogP contribution in [0.15, 0.2) is 48.5 Å². The molecule has 2 rings (SSSR count). The van der Waals surface area contributed by atoms with Gasteiger partial charge in [0.1, 0.15) is 5.82 Å². The molecule has 6 heteroatoms. The zero-order valence-corrected chi connectivity index (χ0v) is 12.9. The molecule has 2 amide bonds. The summed E-state index contributed by atoms with van der Waals surface area (Å²) < 4.78 is 17.6. The van der Waals surface area contributed by atoms with Gasteiger partial charge in [-0.05, 0) is 29.8 Å². The highest BCUT2D eigenvalue weighted by Crippen LogP contribution is 2.17. The number of benzene rings is 2. The Balaban J connectivity index is 2.06. The van der Waals surface area contributed by atoms with E-state index in [9.17, 15) is 14.0 Å². The molecule has 0 aliphatic heterocycles. The van der Waals surface area contributed by atoms with Crippen LogP contribution in [0.1, 0.15) is 15.9 Å². The minimum absolute atomic E-state index is 0.276. The summed E-state index contributed by atoms with van der Waals surface area (Å²) in [6.45, 7) is 0.312. The number of methoxy groups -OCH3 is 1. The maximum Gasteiger partial charge on any atom is 0.339 e. The molecule has 120 valence electrons. The Kier molecular flexibility index (Phi) is 5.30. The predicted octanol–water partition coefficient (Wildman–Crippen LogP) is 3.28. The Morgan fingerprint density at radius 3 is 2.43 bits per heavy atom. The smallest absolute Gasteiger partial charge is 0.339 e. The lowest BCUT2D eigenvalue weighted by atomic mass is 10.2. The Morgan fingerprint density at radius 1 is 1.13 bits per heavy atom. The standard InChI is InChI=1S/C17H17FN2O3/c1-20(11-12-7-9-13(18)10-8-12)17(22)19-15-6-4-3-5-14(15)16(21)23-2/h3-10H,11H2,1-2H3,(H,19,22). The van der Waals surface area contributed by atoms with Gasteiger partial charge in [-0.15, -0.1) is 0 Å². The lowest BCUT2D eigenvalue weighted by molar-refractivity contribution is 0.0602. The van der Waals surface area contributed by atoms with Gasteiger partial charge in [-0.1, -0.05) is 24.3 Å². The van der Waals surface area contributed by atoms with Crippen molar-refractivity contribution in [1.29, 1.82) is 0 Å². The number of ether oxygens (including phenoxy) is 1. The van der Waals surface area contributed by atoms with E-state index in [0.29, 0.717) is 12.2 Å². The van der Waals surface area contributed by atoms with Crippen LogP contribution in [0.2, 0.25) is 0 Å². The van der Waals surface area contributed by atoms with Crippen LogP contribution in [-0.4, -0.2) is 31.1 Å². The summed E-state index contributed by atoms with van der Waals surface area (Å²) >= 11 is 0. The number of nitrogens with one attached hydrogen (secondary N) is 1. The number of halogens is 1. The lowest BCUT2D eigenvalue weighted by Gasteiger charge is -2.19. The van der Waals surface area contributed by atoms with E-state index in [4.69, 9.17) is 0 Å². The second kappa shape index (κ2) is 7.40. The minimum atomic E-state index is -0.526. The highest BCUT2D eigenvalue weighted by molar-refractivity contribution is 6.00. The number of hydrogen-bond donors (Lipinski definition) is 1. The lowest BCUT2D eigenvalue weighted by Crippen LogP contribution is -2.31. The molecule has 5 nitrogen and oxygen atoms in total. The molecule has 0 fully saturated rings. The first-order valence-corrected chi connectivity index (χ1v) is 6.95. The van der Waals surface area contributed by atoms with Gasteiger partial charge in [-0.2, -0.15) is 0 Å². The summed E-state index contributed by atoms with van der Waals surface area (Å²) in [5.74, 6) is -0.852. The van der Waals surface area contributed by atoms with Gasteiger partial charge >= 0.3 is 12.0 Å². The van der Waals surface area contributed by atoms with Gasteiger partial charge in [0.25, 0.3) is 0 Å². The van der Waals surface area contributed by atoms with E-state index in [1.54, 1.807) is 43.4 Å². The van der Waals surface area contributed by atoms with Gasteiger partial charge in [0.2, 0.25) is 0 Å². The number of amides is 2. The van der Waals surface area contributed by atoms with Crippen LogP contribution in [0.5, 0.6) is 0 Å². The molecule has 0 aromatic heterocycles. The van der Waals surface area contributed by atoms with E-state index in [2.05, 4.69) is 10.1 Å². The Labute approximate surface area is 133 Å². The average molecular weight is 316 g/mol. The molecule has 0 bridgehead atoms. The van der Waals surface area contributed by atoms with Crippen LogP contribution < -0.4 is 5.32 Å². The first-order chi connectivity index (χ1) is 11.0. The molecule has 0 atom stereocenters. The fraction of sp³-hybridized carbons (Fsp3) is 0.176. The Hall–Kier alpha value is -2.89. The number of urea groups is 1. The van der Waals surface area contributed by atoms with E-state index in [-0.39, 0.29) is 17.4 Å². The zero-order chi connectivity index (χ0) is 16.8. The van der Waals surface area contributed by atoms with Crippen LogP contribution in [0, 0.1) is 5.82 Å². The number of esters is 1. The molecule has 2 aromatic rings. The second-order valence-corrected chi connectivity index (χ2v) is 4.95. The Morgan fingerprint density at radius 2 is 1.78 bits per heavy atom. The fourth-order valence-electron chi connectivity index (χ4n) is 2.03. The summed E-state index contributed by atoms with van der Waals surface area (Å²) in [6.07, 6.45) is 0. The van der Waals surface area contributed by atoms with E-state index in [0.717, 1.165) is 5.56 Å². The van der Waals surface area contributed by atoms with Crippen molar-refractivity contribution >= 4 is 17.7 Å². The number of rotatable bonds is 4. The molecular weight excluding hydrogens is 299 g/mol. The fourth-order valence-corrected chi connectivity index (χ4v) is 2.03.